The number of imide groups is 1. The SMILES string of the molecule is COc1cc(CNC(=O)CN2C(=O)NC(c3ccccc3)(C(F)(F)F)C2=O)cc(OC)c1OC. The van der Waals surface area contributed by atoms with Gasteiger partial charge in [0, 0.05) is 6.54 Å². The van der Waals surface area contributed by atoms with E-state index >= 15 is 0 Å². The third kappa shape index (κ3) is 4.30. The number of methoxy groups -OCH3 is 3. The summed E-state index contributed by atoms with van der Waals surface area (Å²) in [5, 5.41) is 4.20. The van der Waals surface area contributed by atoms with Crippen molar-refractivity contribution in [2.24, 2.45) is 0 Å². The standard InChI is InChI=1S/C22H22F3N3O6/c1-32-15-9-13(10-16(33-2)18(15)34-3)11-26-17(29)12-28-19(30)21(22(23,24)25,27-20(28)31)14-7-5-4-6-8-14/h4-10H,11-12H2,1-3H3,(H,26,29)(H,27,31). The number of rotatable bonds is 8. The average Bonchev–Trinajstić information content (AvgIpc) is 3.08. The Hall–Kier alpha value is -3.96. The molecule has 0 radical (unpaired) electrons. The van der Waals surface area contributed by atoms with E-state index in [-0.39, 0.29) is 11.4 Å². The summed E-state index contributed by atoms with van der Waals surface area (Å²) >= 11 is 0. The van der Waals surface area contributed by atoms with Gasteiger partial charge in [-0.1, -0.05) is 30.3 Å². The molecule has 1 atom stereocenters. The molecule has 1 aliphatic heterocycles. The van der Waals surface area contributed by atoms with Crippen LogP contribution in [0.2, 0.25) is 0 Å². The molecule has 3 rings (SSSR count). The van der Waals surface area contributed by atoms with Gasteiger partial charge in [0.05, 0.1) is 21.3 Å². The van der Waals surface area contributed by atoms with Crippen molar-refractivity contribution in [3.63, 3.8) is 0 Å². The van der Waals surface area contributed by atoms with Gasteiger partial charge in [-0.25, -0.2) is 4.79 Å². The van der Waals surface area contributed by atoms with Crippen molar-refractivity contribution in [2.45, 2.75) is 18.3 Å². The van der Waals surface area contributed by atoms with E-state index in [2.05, 4.69) is 5.32 Å². The summed E-state index contributed by atoms with van der Waals surface area (Å²) in [6, 6.07) is 8.08. The van der Waals surface area contributed by atoms with E-state index in [9.17, 15) is 27.6 Å². The third-order valence-corrected chi connectivity index (χ3v) is 5.25. The molecule has 1 aliphatic rings. The van der Waals surface area contributed by atoms with E-state index < -0.39 is 41.7 Å². The fraction of sp³-hybridized carbons (Fsp3) is 0.318. The summed E-state index contributed by atoms with van der Waals surface area (Å²) < 4.78 is 57.7. The van der Waals surface area contributed by atoms with Crippen LogP contribution in [-0.4, -0.2) is 56.8 Å². The molecule has 0 saturated carbocycles. The fourth-order valence-corrected chi connectivity index (χ4v) is 3.60. The molecule has 1 heterocycles. The minimum atomic E-state index is -5.14. The first-order valence-corrected chi connectivity index (χ1v) is 9.91. The molecule has 1 saturated heterocycles. The predicted octanol–water partition coefficient (Wildman–Crippen LogP) is 2.34. The van der Waals surface area contributed by atoms with Crippen molar-refractivity contribution in [3.8, 4) is 17.2 Å². The second-order valence-corrected chi connectivity index (χ2v) is 7.25. The van der Waals surface area contributed by atoms with Gasteiger partial charge >= 0.3 is 12.2 Å². The van der Waals surface area contributed by atoms with Crippen LogP contribution in [0.25, 0.3) is 0 Å². The van der Waals surface area contributed by atoms with Gasteiger partial charge < -0.3 is 24.8 Å². The van der Waals surface area contributed by atoms with Crippen molar-refractivity contribution in [2.75, 3.05) is 27.9 Å². The fourth-order valence-electron chi connectivity index (χ4n) is 3.60. The summed E-state index contributed by atoms with van der Waals surface area (Å²) in [6.45, 7) is -0.984. The normalized spacial score (nSPS) is 17.9. The largest absolute Gasteiger partial charge is 0.493 e. The third-order valence-electron chi connectivity index (χ3n) is 5.25. The highest BCUT2D eigenvalue weighted by molar-refractivity contribution is 6.10. The molecule has 1 unspecified atom stereocenters. The number of carbonyl (C=O) groups is 3. The van der Waals surface area contributed by atoms with Crippen LogP contribution in [0.1, 0.15) is 11.1 Å². The number of alkyl halides is 3. The first-order chi connectivity index (χ1) is 16.1. The average molecular weight is 481 g/mol. The molecule has 0 spiro atoms. The number of carbonyl (C=O) groups excluding carboxylic acids is 3. The second kappa shape index (κ2) is 9.49. The van der Waals surface area contributed by atoms with Gasteiger partial charge in [0.2, 0.25) is 17.2 Å². The zero-order chi connectivity index (χ0) is 25.1. The number of urea groups is 1. The summed E-state index contributed by atoms with van der Waals surface area (Å²) in [5.41, 5.74) is -3.21. The Labute approximate surface area is 192 Å². The molecule has 0 aliphatic carbocycles. The first-order valence-electron chi connectivity index (χ1n) is 9.91. The van der Waals surface area contributed by atoms with Crippen LogP contribution in [0.3, 0.4) is 0 Å². The number of halogens is 3. The molecule has 1 fully saturated rings. The minimum absolute atomic E-state index is 0.0811. The molecular weight excluding hydrogens is 459 g/mol. The van der Waals surface area contributed by atoms with E-state index in [1.807, 2.05) is 0 Å². The van der Waals surface area contributed by atoms with Crippen LogP contribution in [0.5, 0.6) is 17.2 Å². The van der Waals surface area contributed by atoms with Gasteiger partial charge in [0.15, 0.2) is 11.5 Å². The van der Waals surface area contributed by atoms with Gasteiger partial charge in [0.1, 0.15) is 6.54 Å². The summed E-state index contributed by atoms with van der Waals surface area (Å²) in [5.74, 6) is -1.43. The highest BCUT2D eigenvalue weighted by Crippen LogP contribution is 2.43. The van der Waals surface area contributed by atoms with Gasteiger partial charge in [-0.05, 0) is 23.3 Å². The highest BCUT2D eigenvalue weighted by atomic mass is 19.4. The molecule has 12 heteroatoms. The maximum absolute atomic E-state index is 14.0. The number of nitrogens with one attached hydrogen (secondary N) is 2. The molecule has 0 bridgehead atoms. The lowest BCUT2D eigenvalue weighted by atomic mass is 9.89. The second-order valence-electron chi connectivity index (χ2n) is 7.25. The van der Waals surface area contributed by atoms with Gasteiger partial charge in [-0.15, -0.1) is 0 Å². The maximum atomic E-state index is 14.0. The number of hydrogen-bond acceptors (Lipinski definition) is 6. The molecule has 2 aromatic rings. The lowest BCUT2D eigenvalue weighted by Crippen LogP contribution is -2.56. The monoisotopic (exact) mass is 481 g/mol. The van der Waals surface area contributed by atoms with Gasteiger partial charge in [0.25, 0.3) is 5.91 Å². The van der Waals surface area contributed by atoms with E-state index in [1.165, 1.54) is 39.5 Å². The molecular formula is C22H22F3N3O6. The quantitative estimate of drug-likeness (QED) is 0.561. The van der Waals surface area contributed by atoms with Crippen molar-refractivity contribution in [1.29, 1.82) is 0 Å². The lowest BCUT2D eigenvalue weighted by molar-refractivity contribution is -0.198. The molecule has 4 amide bonds. The smallest absolute Gasteiger partial charge is 0.425 e. The minimum Gasteiger partial charge on any atom is -0.493 e. The summed E-state index contributed by atoms with van der Waals surface area (Å²) in [6.07, 6.45) is -5.14. The van der Waals surface area contributed by atoms with Gasteiger partial charge in [-0.3, -0.25) is 14.5 Å². The van der Waals surface area contributed by atoms with Crippen LogP contribution in [-0.2, 0) is 21.7 Å². The number of ether oxygens (including phenoxy) is 3. The van der Waals surface area contributed by atoms with Crippen LogP contribution in [0.4, 0.5) is 18.0 Å². The van der Waals surface area contributed by atoms with Crippen LogP contribution < -0.4 is 24.8 Å². The van der Waals surface area contributed by atoms with Crippen molar-refractivity contribution in [1.82, 2.24) is 15.5 Å². The Morgan fingerprint density at radius 1 is 1.03 bits per heavy atom. The molecule has 0 aromatic heterocycles. The number of hydrogen-bond donors (Lipinski definition) is 2. The van der Waals surface area contributed by atoms with Crippen LogP contribution >= 0.6 is 0 Å². The topological polar surface area (TPSA) is 106 Å². The van der Waals surface area contributed by atoms with Crippen molar-refractivity contribution in [3.05, 3.63) is 53.6 Å². The Balaban J connectivity index is 1.77. The Morgan fingerprint density at radius 2 is 1.62 bits per heavy atom. The molecule has 2 N–H and O–H groups in total. The van der Waals surface area contributed by atoms with E-state index in [0.29, 0.717) is 22.8 Å². The van der Waals surface area contributed by atoms with E-state index in [1.54, 1.807) is 17.4 Å². The highest BCUT2D eigenvalue weighted by Gasteiger charge is 2.68. The zero-order valence-corrected chi connectivity index (χ0v) is 18.5. The molecule has 34 heavy (non-hydrogen) atoms. The Bertz CT molecular complexity index is 1070. The molecule has 182 valence electrons. The van der Waals surface area contributed by atoms with Crippen molar-refractivity contribution >= 4 is 17.8 Å². The van der Waals surface area contributed by atoms with E-state index in [0.717, 1.165) is 12.1 Å². The molecule has 2 aromatic carbocycles. The summed E-state index contributed by atoms with van der Waals surface area (Å²) in [7, 11) is 4.25. The predicted molar refractivity (Wildman–Crippen MR) is 112 cm³/mol. The first kappa shape index (κ1) is 24.7. The zero-order valence-electron chi connectivity index (χ0n) is 18.5. The molecule has 9 nitrogen and oxygen atoms in total. The number of nitrogens with zero attached hydrogens (tertiary/aromatic N) is 1. The number of benzene rings is 2. The van der Waals surface area contributed by atoms with Crippen LogP contribution in [0, 0.1) is 0 Å². The number of amides is 4. The summed E-state index contributed by atoms with van der Waals surface area (Å²) in [4.78, 5) is 37.8. The Morgan fingerprint density at radius 3 is 2.12 bits per heavy atom. The maximum Gasteiger partial charge on any atom is 0.425 e. The van der Waals surface area contributed by atoms with Crippen molar-refractivity contribution < 1.29 is 41.8 Å². The van der Waals surface area contributed by atoms with E-state index in [4.69, 9.17) is 14.2 Å². The van der Waals surface area contributed by atoms with Crippen LogP contribution in [0.15, 0.2) is 42.5 Å². The van der Waals surface area contributed by atoms with Gasteiger partial charge in [-0.2, -0.15) is 13.2 Å². The lowest BCUT2D eigenvalue weighted by Gasteiger charge is -2.29. The Kier molecular flexibility index (Phi) is 6.89.